The van der Waals surface area contributed by atoms with Crippen molar-refractivity contribution in [1.82, 2.24) is 0 Å². The zero-order valence-corrected chi connectivity index (χ0v) is 10.8. The van der Waals surface area contributed by atoms with Crippen molar-refractivity contribution in [1.29, 1.82) is 0 Å². The third-order valence-corrected chi connectivity index (χ3v) is 5.37. The monoisotopic (exact) mass is 258 g/mol. The Kier molecular flexibility index (Phi) is 4.34. The van der Waals surface area contributed by atoms with Gasteiger partial charge in [0.15, 0.2) is 0 Å². The van der Waals surface area contributed by atoms with Crippen LogP contribution in [0.3, 0.4) is 0 Å². The van der Waals surface area contributed by atoms with E-state index < -0.39 is 0 Å². The molecule has 2 saturated carbocycles. The number of alkyl halides is 1. The molecule has 0 bridgehead atoms. The van der Waals surface area contributed by atoms with Gasteiger partial charge in [-0.05, 0) is 24.7 Å². The number of hydrogen-bond acceptors (Lipinski definition) is 0. The van der Waals surface area contributed by atoms with Gasteiger partial charge in [0.2, 0.25) is 0 Å². The first-order chi connectivity index (χ1) is 6.88. The Hall–Kier alpha value is 0.480. The molecule has 0 amide bonds. The van der Waals surface area contributed by atoms with E-state index in [2.05, 4.69) is 15.9 Å². The quantitative estimate of drug-likeness (QED) is 0.463. The van der Waals surface area contributed by atoms with Crippen LogP contribution < -0.4 is 0 Å². The van der Waals surface area contributed by atoms with Crippen LogP contribution in [0.15, 0.2) is 0 Å². The molecule has 14 heavy (non-hydrogen) atoms. The molecule has 0 radical (unpaired) electrons. The molecule has 0 spiro atoms. The number of halogens is 1. The lowest BCUT2D eigenvalue weighted by atomic mass is 9.77. The first kappa shape index (κ1) is 11.0. The smallest absolute Gasteiger partial charge is 0.0176 e. The van der Waals surface area contributed by atoms with Gasteiger partial charge in [0.05, 0.1) is 0 Å². The first-order valence-corrected chi connectivity index (χ1v) is 7.43. The molecule has 0 aromatic rings. The molecule has 2 rings (SSSR count). The highest BCUT2D eigenvalue weighted by molar-refractivity contribution is 9.09. The summed E-state index contributed by atoms with van der Waals surface area (Å²) in [5, 5.41) is 0. The lowest BCUT2D eigenvalue weighted by Crippen LogP contribution is -2.26. The summed E-state index contributed by atoms with van der Waals surface area (Å²) < 4.78 is 0. The molecular formula is C13H23Br. The Balaban J connectivity index is 1.90. The molecule has 2 atom stereocenters. The third kappa shape index (κ3) is 2.74. The predicted octanol–water partition coefficient (Wildman–Crippen LogP) is 4.91. The van der Waals surface area contributed by atoms with Crippen LogP contribution in [0.5, 0.6) is 0 Å². The molecule has 2 unspecified atom stereocenters. The van der Waals surface area contributed by atoms with Crippen LogP contribution in [0, 0.1) is 11.8 Å². The van der Waals surface area contributed by atoms with Crippen molar-refractivity contribution in [3.63, 3.8) is 0 Å². The fourth-order valence-corrected chi connectivity index (χ4v) is 4.40. The predicted molar refractivity (Wildman–Crippen MR) is 65.9 cm³/mol. The zero-order chi connectivity index (χ0) is 9.80. The fourth-order valence-electron chi connectivity index (χ4n) is 3.38. The second-order valence-electron chi connectivity index (χ2n) is 5.22. The van der Waals surface area contributed by atoms with Crippen molar-refractivity contribution >= 4 is 15.9 Å². The summed E-state index contributed by atoms with van der Waals surface area (Å²) in [7, 11) is 0. The van der Waals surface area contributed by atoms with Crippen LogP contribution >= 0.6 is 15.9 Å². The van der Waals surface area contributed by atoms with E-state index in [0.29, 0.717) is 0 Å². The molecule has 2 aliphatic rings. The van der Waals surface area contributed by atoms with E-state index >= 15 is 0 Å². The molecule has 0 saturated heterocycles. The highest BCUT2D eigenvalue weighted by Crippen LogP contribution is 2.40. The lowest BCUT2D eigenvalue weighted by Gasteiger charge is -2.34. The van der Waals surface area contributed by atoms with Gasteiger partial charge in [-0.15, -0.1) is 0 Å². The van der Waals surface area contributed by atoms with E-state index in [1.165, 1.54) is 64.2 Å². The molecule has 0 N–H and O–H groups in total. The SMILES string of the molecule is BrC1CCCCC1C1CCCCCC1. The van der Waals surface area contributed by atoms with Crippen molar-refractivity contribution in [2.24, 2.45) is 11.8 Å². The zero-order valence-electron chi connectivity index (χ0n) is 9.18. The van der Waals surface area contributed by atoms with E-state index in [0.717, 1.165) is 16.7 Å². The van der Waals surface area contributed by atoms with Gasteiger partial charge in [0.25, 0.3) is 0 Å². The summed E-state index contributed by atoms with van der Waals surface area (Å²) in [6, 6.07) is 0. The van der Waals surface area contributed by atoms with Crippen molar-refractivity contribution in [3.8, 4) is 0 Å². The summed E-state index contributed by atoms with van der Waals surface area (Å²) in [6.45, 7) is 0. The van der Waals surface area contributed by atoms with Crippen molar-refractivity contribution in [3.05, 3.63) is 0 Å². The van der Waals surface area contributed by atoms with Gasteiger partial charge in [-0.2, -0.15) is 0 Å². The van der Waals surface area contributed by atoms with Crippen molar-refractivity contribution in [2.45, 2.75) is 69.0 Å². The Labute approximate surface area is 97.0 Å². The van der Waals surface area contributed by atoms with E-state index in [9.17, 15) is 0 Å². The van der Waals surface area contributed by atoms with Gasteiger partial charge in [0, 0.05) is 4.83 Å². The second kappa shape index (κ2) is 5.53. The van der Waals surface area contributed by atoms with Gasteiger partial charge < -0.3 is 0 Å². The highest BCUT2D eigenvalue weighted by atomic mass is 79.9. The van der Waals surface area contributed by atoms with Crippen LogP contribution in [-0.4, -0.2) is 4.83 Å². The first-order valence-electron chi connectivity index (χ1n) is 6.52. The summed E-state index contributed by atoms with van der Waals surface area (Å²) in [5.41, 5.74) is 0. The maximum Gasteiger partial charge on any atom is 0.0176 e. The topological polar surface area (TPSA) is 0 Å². The molecule has 1 heteroatoms. The van der Waals surface area contributed by atoms with Gasteiger partial charge in [-0.3, -0.25) is 0 Å². The van der Waals surface area contributed by atoms with E-state index in [1.54, 1.807) is 0 Å². The van der Waals surface area contributed by atoms with Gasteiger partial charge in [0.1, 0.15) is 0 Å². The van der Waals surface area contributed by atoms with Gasteiger partial charge >= 0.3 is 0 Å². The summed E-state index contributed by atoms with van der Waals surface area (Å²) >= 11 is 3.92. The fraction of sp³-hybridized carbons (Fsp3) is 1.00. The highest BCUT2D eigenvalue weighted by Gasteiger charge is 2.30. The van der Waals surface area contributed by atoms with Crippen molar-refractivity contribution in [2.75, 3.05) is 0 Å². The summed E-state index contributed by atoms with van der Waals surface area (Å²) in [5.74, 6) is 2.07. The number of hydrogen-bond donors (Lipinski definition) is 0. The minimum atomic E-state index is 0.847. The summed E-state index contributed by atoms with van der Waals surface area (Å²) in [4.78, 5) is 0.847. The molecule has 0 aromatic carbocycles. The second-order valence-corrected chi connectivity index (χ2v) is 6.39. The Bertz CT molecular complexity index is 159. The molecule has 2 aliphatic carbocycles. The molecule has 0 aromatic heterocycles. The van der Waals surface area contributed by atoms with E-state index in [-0.39, 0.29) is 0 Å². The van der Waals surface area contributed by atoms with Crippen LogP contribution in [0.4, 0.5) is 0 Å². The average molecular weight is 259 g/mol. The van der Waals surface area contributed by atoms with Crippen LogP contribution in [0.2, 0.25) is 0 Å². The van der Waals surface area contributed by atoms with Gasteiger partial charge in [-0.1, -0.05) is 67.3 Å². The van der Waals surface area contributed by atoms with Crippen LogP contribution in [-0.2, 0) is 0 Å². The Morgan fingerprint density at radius 3 is 1.86 bits per heavy atom. The molecule has 2 fully saturated rings. The lowest BCUT2D eigenvalue weighted by molar-refractivity contribution is 0.238. The minimum Gasteiger partial charge on any atom is -0.0888 e. The van der Waals surface area contributed by atoms with Crippen LogP contribution in [0.25, 0.3) is 0 Å². The third-order valence-electron chi connectivity index (χ3n) is 4.24. The van der Waals surface area contributed by atoms with Crippen molar-refractivity contribution < 1.29 is 0 Å². The minimum absolute atomic E-state index is 0.847. The molecule has 0 heterocycles. The average Bonchev–Trinajstić information content (AvgIpc) is 2.47. The van der Waals surface area contributed by atoms with E-state index in [4.69, 9.17) is 0 Å². The Morgan fingerprint density at radius 2 is 1.21 bits per heavy atom. The normalized spacial score (nSPS) is 36.6. The molecular weight excluding hydrogens is 236 g/mol. The van der Waals surface area contributed by atoms with Crippen LogP contribution in [0.1, 0.15) is 64.2 Å². The largest absolute Gasteiger partial charge is 0.0888 e. The molecule has 82 valence electrons. The maximum absolute atomic E-state index is 3.92. The maximum atomic E-state index is 3.92. The van der Waals surface area contributed by atoms with E-state index in [1.807, 2.05) is 0 Å². The molecule has 0 nitrogen and oxygen atoms in total. The summed E-state index contributed by atoms with van der Waals surface area (Å²) in [6.07, 6.45) is 14.9. The van der Waals surface area contributed by atoms with Gasteiger partial charge in [-0.25, -0.2) is 0 Å². The molecule has 0 aliphatic heterocycles. The standard InChI is InChI=1S/C13H23Br/c14-13-10-6-5-9-12(13)11-7-3-1-2-4-8-11/h11-13H,1-10H2. The number of rotatable bonds is 1. The Morgan fingerprint density at radius 1 is 0.643 bits per heavy atom.